The number of carbonyl (C=O) groups is 1. The highest BCUT2D eigenvalue weighted by Gasteiger charge is 2.12. The predicted octanol–water partition coefficient (Wildman–Crippen LogP) is 4.37. The average Bonchev–Trinajstić information content (AvgIpc) is 2.95. The second-order valence-corrected chi connectivity index (χ2v) is 6.22. The lowest BCUT2D eigenvalue weighted by Crippen LogP contribution is -2.16. The van der Waals surface area contributed by atoms with Crippen molar-refractivity contribution in [2.75, 3.05) is 13.7 Å². The molecule has 0 aliphatic rings. The largest absolute Gasteiger partial charge is 0.490 e. The van der Waals surface area contributed by atoms with Gasteiger partial charge in [0.05, 0.1) is 24.9 Å². The highest BCUT2D eigenvalue weighted by molar-refractivity contribution is 6.32. The quantitative estimate of drug-likeness (QED) is 0.506. The van der Waals surface area contributed by atoms with Gasteiger partial charge >= 0.3 is 6.09 Å². The van der Waals surface area contributed by atoms with Crippen molar-refractivity contribution in [3.8, 4) is 5.75 Å². The monoisotopic (exact) mass is 385 g/mol. The molecule has 0 aliphatic heterocycles. The molecule has 0 saturated carbocycles. The van der Waals surface area contributed by atoms with Crippen molar-refractivity contribution in [2.45, 2.75) is 13.5 Å². The van der Waals surface area contributed by atoms with Gasteiger partial charge in [-0.1, -0.05) is 41.9 Å². The van der Waals surface area contributed by atoms with Gasteiger partial charge in [-0.05, 0) is 25.1 Å². The highest BCUT2D eigenvalue weighted by atomic mass is 35.5. The smallest absolute Gasteiger partial charge is 0.427 e. The van der Waals surface area contributed by atoms with Gasteiger partial charge < -0.3 is 14.0 Å². The van der Waals surface area contributed by atoms with Crippen LogP contribution < -0.4 is 10.2 Å². The third-order valence-corrected chi connectivity index (χ3v) is 4.54. The third kappa shape index (κ3) is 4.23. The number of fused-ring (bicyclic) bond motifs is 1. The zero-order valence-electron chi connectivity index (χ0n) is 15.1. The molecule has 1 N–H and O–H groups in total. The topological polar surface area (TPSA) is 64.8 Å². The first-order valence-corrected chi connectivity index (χ1v) is 8.81. The summed E-state index contributed by atoms with van der Waals surface area (Å²) in [6.07, 6.45) is 1.01. The third-order valence-electron chi connectivity index (χ3n) is 4.22. The molecule has 0 atom stereocenters. The Kier molecular flexibility index (Phi) is 5.98. The van der Waals surface area contributed by atoms with Crippen molar-refractivity contribution in [1.29, 1.82) is 0 Å². The molecule has 0 saturated heterocycles. The summed E-state index contributed by atoms with van der Waals surface area (Å²) >= 11 is 6.14. The summed E-state index contributed by atoms with van der Waals surface area (Å²) in [5.74, 6) is 0.664. The Morgan fingerprint density at radius 2 is 1.96 bits per heavy atom. The van der Waals surface area contributed by atoms with Crippen LogP contribution in [-0.4, -0.2) is 30.6 Å². The van der Waals surface area contributed by atoms with E-state index in [1.165, 1.54) is 7.11 Å². The zero-order chi connectivity index (χ0) is 19.2. The fourth-order valence-corrected chi connectivity index (χ4v) is 3.10. The van der Waals surface area contributed by atoms with Crippen molar-refractivity contribution >= 4 is 34.8 Å². The number of aromatic nitrogens is 1. The van der Waals surface area contributed by atoms with E-state index in [0.717, 1.165) is 22.2 Å². The number of halogens is 1. The Hall–Kier alpha value is -2.99. The Bertz CT molecular complexity index is 982. The van der Waals surface area contributed by atoms with Gasteiger partial charge in [-0.2, -0.15) is 5.10 Å². The first-order chi connectivity index (χ1) is 13.1. The fraction of sp³-hybridized carbons (Fsp3) is 0.200. The number of hydrogen-bond donors (Lipinski definition) is 1. The summed E-state index contributed by atoms with van der Waals surface area (Å²) in [4.78, 5) is 11.2. The summed E-state index contributed by atoms with van der Waals surface area (Å²) in [5, 5.41) is 5.60. The van der Waals surface area contributed by atoms with Crippen LogP contribution in [0.2, 0.25) is 5.02 Å². The van der Waals surface area contributed by atoms with E-state index in [1.54, 1.807) is 12.3 Å². The van der Waals surface area contributed by atoms with Crippen LogP contribution in [0.15, 0.2) is 53.6 Å². The molecular weight excluding hydrogens is 366 g/mol. The molecule has 0 spiro atoms. The van der Waals surface area contributed by atoms with E-state index in [4.69, 9.17) is 16.3 Å². The molecule has 3 rings (SSSR count). The molecule has 1 heterocycles. The lowest BCUT2D eigenvalue weighted by Gasteiger charge is -2.11. The molecule has 0 radical (unpaired) electrons. The van der Waals surface area contributed by atoms with E-state index in [1.807, 2.05) is 49.4 Å². The number of methoxy groups -OCH3 is 1. The summed E-state index contributed by atoms with van der Waals surface area (Å²) < 4.78 is 12.5. The minimum atomic E-state index is -0.610. The normalized spacial score (nSPS) is 11.1. The molecule has 0 bridgehead atoms. The molecule has 0 unspecified atom stereocenters. The number of carbonyl (C=O) groups excluding carboxylic acids is 1. The van der Waals surface area contributed by atoms with Crippen LogP contribution in [0, 0.1) is 6.92 Å². The van der Waals surface area contributed by atoms with Crippen LogP contribution in [0.3, 0.4) is 0 Å². The van der Waals surface area contributed by atoms with Gasteiger partial charge in [0, 0.05) is 22.2 Å². The van der Waals surface area contributed by atoms with Crippen LogP contribution in [0.1, 0.15) is 11.3 Å². The molecule has 0 fully saturated rings. The zero-order valence-corrected chi connectivity index (χ0v) is 15.9. The summed E-state index contributed by atoms with van der Waals surface area (Å²) in [7, 11) is 1.29. The fourth-order valence-electron chi connectivity index (χ4n) is 2.91. The van der Waals surface area contributed by atoms with Gasteiger partial charge in [0.2, 0.25) is 0 Å². The Morgan fingerprint density at radius 1 is 1.22 bits per heavy atom. The predicted molar refractivity (Wildman–Crippen MR) is 107 cm³/mol. The number of hydrazone groups is 1. The van der Waals surface area contributed by atoms with Crippen LogP contribution in [0.5, 0.6) is 5.75 Å². The maximum Gasteiger partial charge on any atom is 0.427 e. The maximum absolute atomic E-state index is 11.2. The molecule has 7 heteroatoms. The number of nitrogens with one attached hydrogen (secondary N) is 1. The first kappa shape index (κ1) is 18.8. The molecule has 27 heavy (non-hydrogen) atoms. The molecule has 3 aromatic rings. The van der Waals surface area contributed by atoms with Crippen LogP contribution in [-0.2, 0) is 11.3 Å². The first-order valence-electron chi connectivity index (χ1n) is 8.44. The molecule has 140 valence electrons. The van der Waals surface area contributed by atoms with Crippen LogP contribution >= 0.6 is 11.6 Å². The highest BCUT2D eigenvalue weighted by Crippen LogP contribution is 2.26. The van der Waals surface area contributed by atoms with E-state index in [0.29, 0.717) is 23.9 Å². The molecule has 1 amide bonds. The lowest BCUT2D eigenvalue weighted by molar-refractivity contribution is 0.171. The Labute approximate surface area is 162 Å². The van der Waals surface area contributed by atoms with Crippen molar-refractivity contribution in [2.24, 2.45) is 5.10 Å². The van der Waals surface area contributed by atoms with Crippen molar-refractivity contribution < 1.29 is 14.3 Å². The van der Waals surface area contributed by atoms with Gasteiger partial charge in [-0.15, -0.1) is 0 Å². The summed E-state index contributed by atoms with van der Waals surface area (Å²) in [6, 6.07) is 15.4. The second-order valence-electron chi connectivity index (χ2n) is 5.81. The van der Waals surface area contributed by atoms with Crippen molar-refractivity contribution in [1.82, 2.24) is 9.99 Å². The average molecular weight is 386 g/mol. The van der Waals surface area contributed by atoms with E-state index in [9.17, 15) is 4.79 Å². The standard InChI is InChI=1S/C20H20ClN3O3/c1-14-16(13-22-23-20(25)26-2)15-7-3-5-9-18(15)24(14)11-12-27-19-10-6-4-8-17(19)21/h3-10,13H,11-12H2,1-2H3,(H,23,25)/b22-13-. The van der Waals surface area contributed by atoms with Gasteiger partial charge in [-0.3, -0.25) is 0 Å². The molecular formula is C20H20ClN3O3. The van der Waals surface area contributed by atoms with Crippen molar-refractivity contribution in [3.05, 3.63) is 64.8 Å². The van der Waals surface area contributed by atoms with Gasteiger partial charge in [0.25, 0.3) is 0 Å². The van der Waals surface area contributed by atoms with Gasteiger partial charge in [0.1, 0.15) is 12.4 Å². The number of nitrogens with zero attached hydrogens (tertiary/aromatic N) is 2. The maximum atomic E-state index is 11.2. The summed E-state index contributed by atoms with van der Waals surface area (Å²) in [5.41, 5.74) is 5.33. The minimum Gasteiger partial charge on any atom is -0.490 e. The number of rotatable bonds is 6. The molecule has 0 aliphatic carbocycles. The SMILES string of the molecule is COC(=O)N/N=C\c1c(C)n(CCOc2ccccc2Cl)c2ccccc12. The molecule has 2 aromatic carbocycles. The Morgan fingerprint density at radius 3 is 2.74 bits per heavy atom. The number of benzene rings is 2. The number of hydrogen-bond acceptors (Lipinski definition) is 4. The second kappa shape index (κ2) is 8.60. The molecule has 1 aromatic heterocycles. The van der Waals surface area contributed by atoms with Gasteiger partial charge in [0.15, 0.2) is 0 Å². The molecule has 6 nitrogen and oxygen atoms in total. The number of para-hydroxylation sites is 2. The lowest BCUT2D eigenvalue weighted by atomic mass is 10.1. The van der Waals surface area contributed by atoms with Crippen LogP contribution in [0.25, 0.3) is 10.9 Å². The van der Waals surface area contributed by atoms with Gasteiger partial charge in [-0.25, -0.2) is 10.2 Å². The van der Waals surface area contributed by atoms with E-state index < -0.39 is 6.09 Å². The minimum absolute atomic E-state index is 0.472. The van der Waals surface area contributed by atoms with E-state index in [2.05, 4.69) is 19.8 Å². The van der Waals surface area contributed by atoms with E-state index in [-0.39, 0.29) is 0 Å². The van der Waals surface area contributed by atoms with E-state index >= 15 is 0 Å². The number of amides is 1. The Balaban J connectivity index is 1.82. The van der Waals surface area contributed by atoms with Crippen LogP contribution in [0.4, 0.5) is 4.79 Å². The van der Waals surface area contributed by atoms with Crippen molar-refractivity contribution in [3.63, 3.8) is 0 Å². The summed E-state index contributed by atoms with van der Waals surface area (Å²) in [6.45, 7) is 3.13. The number of ether oxygens (including phenoxy) is 2.